The highest BCUT2D eigenvalue weighted by molar-refractivity contribution is 6.09. The van der Waals surface area contributed by atoms with Crippen LogP contribution < -0.4 is 0 Å². The summed E-state index contributed by atoms with van der Waals surface area (Å²) in [7, 11) is 0. The van der Waals surface area contributed by atoms with Crippen molar-refractivity contribution in [1.29, 1.82) is 0 Å². The van der Waals surface area contributed by atoms with E-state index in [0.29, 0.717) is 19.3 Å². The van der Waals surface area contributed by atoms with Crippen molar-refractivity contribution in [3.05, 3.63) is 47.5 Å². The minimum absolute atomic E-state index is 0.0929. The smallest absolute Gasteiger partial charge is 0.303 e. The second-order valence-corrected chi connectivity index (χ2v) is 5.00. The molecule has 20 heavy (non-hydrogen) atoms. The Balaban J connectivity index is 2.16. The summed E-state index contributed by atoms with van der Waals surface area (Å²) in [4.78, 5) is 22.8. The van der Waals surface area contributed by atoms with Crippen molar-refractivity contribution >= 4 is 22.5 Å². The summed E-state index contributed by atoms with van der Waals surface area (Å²) in [6.07, 6.45) is 1.70. The van der Waals surface area contributed by atoms with E-state index in [1.54, 1.807) is 0 Å². The van der Waals surface area contributed by atoms with Crippen LogP contribution in [0.25, 0.3) is 10.8 Å². The molecule has 0 aliphatic rings. The Morgan fingerprint density at radius 2 is 1.65 bits per heavy atom. The van der Waals surface area contributed by atoms with Crippen LogP contribution in [0.3, 0.4) is 0 Å². The molecule has 0 bridgehead atoms. The maximum atomic E-state index is 12.3. The molecule has 2 aromatic rings. The number of Topliss-reactive ketones (excluding diaryl/α,β-unsaturated/α-hetero) is 1. The van der Waals surface area contributed by atoms with Gasteiger partial charge in [-0.15, -0.1) is 0 Å². The molecule has 0 aromatic heterocycles. The minimum Gasteiger partial charge on any atom is -0.481 e. The molecule has 1 N–H and O–H groups in total. The number of benzene rings is 2. The summed E-state index contributed by atoms with van der Waals surface area (Å²) in [6.45, 7) is 2.00. The van der Waals surface area contributed by atoms with Crippen molar-refractivity contribution in [3.63, 3.8) is 0 Å². The van der Waals surface area contributed by atoms with E-state index in [-0.39, 0.29) is 12.2 Å². The number of unbranched alkanes of at least 4 members (excludes halogenated alkanes) is 1. The van der Waals surface area contributed by atoms with Gasteiger partial charge in [0.1, 0.15) is 0 Å². The van der Waals surface area contributed by atoms with Gasteiger partial charge in [0.15, 0.2) is 5.78 Å². The normalized spacial score (nSPS) is 10.7. The molecular weight excluding hydrogens is 252 g/mol. The van der Waals surface area contributed by atoms with Gasteiger partial charge in [0.25, 0.3) is 0 Å². The number of carbonyl (C=O) groups excluding carboxylic acids is 1. The quantitative estimate of drug-likeness (QED) is 0.638. The lowest BCUT2D eigenvalue weighted by atomic mass is 9.95. The lowest BCUT2D eigenvalue weighted by Gasteiger charge is -2.08. The fourth-order valence-electron chi connectivity index (χ4n) is 2.46. The van der Waals surface area contributed by atoms with Gasteiger partial charge in [-0.3, -0.25) is 9.59 Å². The molecule has 0 saturated heterocycles. The zero-order chi connectivity index (χ0) is 14.5. The predicted molar refractivity (Wildman–Crippen MR) is 79.1 cm³/mol. The van der Waals surface area contributed by atoms with E-state index in [0.717, 1.165) is 21.9 Å². The molecule has 2 rings (SSSR count). The third-order valence-electron chi connectivity index (χ3n) is 3.46. The first-order valence-electron chi connectivity index (χ1n) is 6.83. The topological polar surface area (TPSA) is 54.4 Å². The van der Waals surface area contributed by atoms with E-state index < -0.39 is 5.97 Å². The number of carboxylic acids is 1. The summed E-state index contributed by atoms with van der Waals surface area (Å²) in [5.74, 6) is -0.714. The second-order valence-electron chi connectivity index (χ2n) is 5.00. The number of aliphatic carboxylic acids is 1. The molecule has 0 saturated carbocycles. The fraction of sp³-hybridized carbons (Fsp3) is 0.294. The van der Waals surface area contributed by atoms with Crippen LogP contribution in [0.1, 0.15) is 41.6 Å². The van der Waals surface area contributed by atoms with Crippen LogP contribution >= 0.6 is 0 Å². The molecule has 0 aliphatic carbocycles. The van der Waals surface area contributed by atoms with E-state index in [1.165, 1.54) is 0 Å². The molecule has 0 fully saturated rings. The Morgan fingerprint density at radius 3 is 2.35 bits per heavy atom. The average Bonchev–Trinajstić information content (AvgIpc) is 2.43. The molecule has 0 amide bonds. The van der Waals surface area contributed by atoms with Crippen molar-refractivity contribution in [2.75, 3.05) is 0 Å². The highest BCUT2D eigenvalue weighted by Gasteiger charge is 2.11. The van der Waals surface area contributed by atoms with Crippen LogP contribution in [-0.2, 0) is 4.79 Å². The number of hydrogen-bond donors (Lipinski definition) is 1. The molecule has 0 heterocycles. The number of carbonyl (C=O) groups is 2. The molecular formula is C17H18O3. The van der Waals surface area contributed by atoms with Crippen molar-refractivity contribution in [2.45, 2.75) is 32.6 Å². The first-order chi connectivity index (χ1) is 9.59. The van der Waals surface area contributed by atoms with Gasteiger partial charge in [0.05, 0.1) is 0 Å². The van der Waals surface area contributed by atoms with Gasteiger partial charge in [0, 0.05) is 18.4 Å². The lowest BCUT2D eigenvalue weighted by Crippen LogP contribution is -2.02. The average molecular weight is 270 g/mol. The van der Waals surface area contributed by atoms with E-state index in [9.17, 15) is 9.59 Å². The Labute approximate surface area is 118 Å². The Kier molecular flexibility index (Phi) is 4.51. The molecule has 0 unspecified atom stereocenters. The van der Waals surface area contributed by atoms with E-state index in [1.807, 2.05) is 43.3 Å². The van der Waals surface area contributed by atoms with Crippen molar-refractivity contribution < 1.29 is 14.7 Å². The monoisotopic (exact) mass is 270 g/mol. The Bertz CT molecular complexity index is 638. The van der Waals surface area contributed by atoms with Gasteiger partial charge >= 0.3 is 5.97 Å². The summed E-state index contributed by atoms with van der Waals surface area (Å²) in [6, 6.07) is 11.7. The van der Waals surface area contributed by atoms with Crippen molar-refractivity contribution in [1.82, 2.24) is 0 Å². The molecule has 0 radical (unpaired) electrons. The minimum atomic E-state index is -0.807. The standard InChI is InChI=1S/C17H18O3/c1-12-6-4-7-13-8-5-9-14(17(12)13)15(18)10-2-3-11-16(19)20/h4-9H,2-3,10-11H2,1H3,(H,19,20). The van der Waals surface area contributed by atoms with Crippen LogP contribution in [-0.4, -0.2) is 16.9 Å². The molecule has 0 spiro atoms. The van der Waals surface area contributed by atoms with Gasteiger partial charge in [0.2, 0.25) is 0 Å². The van der Waals surface area contributed by atoms with Crippen LogP contribution in [0, 0.1) is 6.92 Å². The predicted octanol–water partition coefficient (Wildman–Crippen LogP) is 3.98. The third-order valence-corrected chi connectivity index (χ3v) is 3.46. The van der Waals surface area contributed by atoms with Crippen LogP contribution in [0.15, 0.2) is 36.4 Å². The van der Waals surface area contributed by atoms with E-state index in [4.69, 9.17) is 5.11 Å². The zero-order valence-corrected chi connectivity index (χ0v) is 11.6. The Morgan fingerprint density at radius 1 is 1.00 bits per heavy atom. The van der Waals surface area contributed by atoms with Crippen LogP contribution in [0.5, 0.6) is 0 Å². The SMILES string of the molecule is Cc1cccc2cccc(C(=O)CCCCC(=O)O)c12. The summed E-state index contributed by atoms with van der Waals surface area (Å²) >= 11 is 0. The van der Waals surface area contributed by atoms with Gasteiger partial charge in [-0.1, -0.05) is 36.4 Å². The van der Waals surface area contributed by atoms with Gasteiger partial charge < -0.3 is 5.11 Å². The van der Waals surface area contributed by atoms with Crippen LogP contribution in [0.2, 0.25) is 0 Å². The third kappa shape index (κ3) is 3.23. The Hall–Kier alpha value is -2.16. The fourth-order valence-corrected chi connectivity index (χ4v) is 2.46. The number of fused-ring (bicyclic) bond motifs is 1. The van der Waals surface area contributed by atoms with Gasteiger partial charge in [-0.2, -0.15) is 0 Å². The first kappa shape index (κ1) is 14.3. The highest BCUT2D eigenvalue weighted by Crippen LogP contribution is 2.24. The summed E-state index contributed by atoms with van der Waals surface area (Å²) < 4.78 is 0. The number of hydrogen-bond acceptors (Lipinski definition) is 2. The molecule has 0 atom stereocenters. The maximum absolute atomic E-state index is 12.3. The number of rotatable bonds is 6. The summed E-state index contributed by atoms with van der Waals surface area (Å²) in [5, 5.41) is 10.7. The van der Waals surface area contributed by atoms with Crippen molar-refractivity contribution in [2.24, 2.45) is 0 Å². The molecule has 104 valence electrons. The molecule has 0 aliphatic heterocycles. The lowest BCUT2D eigenvalue weighted by molar-refractivity contribution is -0.137. The number of aryl methyl sites for hydroxylation is 1. The second kappa shape index (κ2) is 6.33. The zero-order valence-electron chi connectivity index (χ0n) is 11.6. The van der Waals surface area contributed by atoms with Crippen molar-refractivity contribution in [3.8, 4) is 0 Å². The van der Waals surface area contributed by atoms with Crippen LogP contribution in [0.4, 0.5) is 0 Å². The first-order valence-corrected chi connectivity index (χ1v) is 6.83. The van der Waals surface area contributed by atoms with Gasteiger partial charge in [-0.25, -0.2) is 0 Å². The van der Waals surface area contributed by atoms with Gasteiger partial charge in [-0.05, 0) is 36.1 Å². The summed E-state index contributed by atoms with van der Waals surface area (Å²) in [5.41, 5.74) is 1.84. The van der Waals surface area contributed by atoms with E-state index >= 15 is 0 Å². The largest absolute Gasteiger partial charge is 0.481 e. The number of carboxylic acid groups (broad SMARTS) is 1. The van der Waals surface area contributed by atoms with E-state index in [2.05, 4.69) is 0 Å². The maximum Gasteiger partial charge on any atom is 0.303 e. The molecule has 2 aromatic carbocycles. The number of ketones is 1. The highest BCUT2D eigenvalue weighted by atomic mass is 16.4. The molecule has 3 heteroatoms. The molecule has 3 nitrogen and oxygen atoms in total.